The SMILES string of the molecule is CCN(CC)c1c(Cl)cccc1CNC. The Morgan fingerprint density at radius 1 is 1.27 bits per heavy atom. The molecule has 1 N–H and O–H groups in total. The predicted molar refractivity (Wildman–Crippen MR) is 67.8 cm³/mol. The highest BCUT2D eigenvalue weighted by Gasteiger charge is 2.11. The molecular weight excluding hydrogens is 208 g/mol. The van der Waals surface area contributed by atoms with Gasteiger partial charge in [0.1, 0.15) is 0 Å². The van der Waals surface area contributed by atoms with E-state index < -0.39 is 0 Å². The zero-order chi connectivity index (χ0) is 11.3. The Bertz CT molecular complexity index is 308. The molecule has 1 rings (SSSR count). The second-order valence-corrected chi connectivity index (χ2v) is 3.86. The summed E-state index contributed by atoms with van der Waals surface area (Å²) in [5, 5.41) is 4.01. The number of benzene rings is 1. The lowest BCUT2D eigenvalue weighted by Gasteiger charge is -2.25. The molecule has 0 saturated carbocycles. The van der Waals surface area contributed by atoms with Crippen LogP contribution >= 0.6 is 11.6 Å². The molecule has 0 aromatic heterocycles. The molecule has 0 unspecified atom stereocenters. The van der Waals surface area contributed by atoms with E-state index in [1.54, 1.807) is 0 Å². The molecule has 0 aliphatic carbocycles. The Kier molecular flexibility index (Phi) is 4.92. The number of hydrogen-bond acceptors (Lipinski definition) is 2. The summed E-state index contributed by atoms with van der Waals surface area (Å²) in [6.07, 6.45) is 0. The molecular formula is C12H19ClN2. The Morgan fingerprint density at radius 3 is 2.47 bits per heavy atom. The molecule has 0 fully saturated rings. The fourth-order valence-electron chi connectivity index (χ4n) is 1.79. The van der Waals surface area contributed by atoms with Gasteiger partial charge in [0.25, 0.3) is 0 Å². The maximum atomic E-state index is 6.25. The van der Waals surface area contributed by atoms with Crippen LogP contribution in [-0.2, 0) is 6.54 Å². The molecule has 3 heteroatoms. The monoisotopic (exact) mass is 226 g/mol. The van der Waals surface area contributed by atoms with Crippen molar-refractivity contribution in [1.82, 2.24) is 5.32 Å². The smallest absolute Gasteiger partial charge is 0.0642 e. The summed E-state index contributed by atoms with van der Waals surface area (Å²) in [4.78, 5) is 2.29. The minimum Gasteiger partial charge on any atom is -0.371 e. The molecule has 1 aromatic carbocycles. The normalized spacial score (nSPS) is 10.4. The van der Waals surface area contributed by atoms with Gasteiger partial charge >= 0.3 is 0 Å². The third-order valence-electron chi connectivity index (χ3n) is 2.52. The van der Waals surface area contributed by atoms with Crippen molar-refractivity contribution in [3.8, 4) is 0 Å². The van der Waals surface area contributed by atoms with E-state index in [9.17, 15) is 0 Å². The minimum atomic E-state index is 0.839. The summed E-state index contributed by atoms with van der Waals surface area (Å²) >= 11 is 6.25. The van der Waals surface area contributed by atoms with E-state index in [0.717, 1.165) is 24.7 Å². The molecule has 0 heterocycles. The summed E-state index contributed by atoms with van der Waals surface area (Å²) < 4.78 is 0. The minimum absolute atomic E-state index is 0.839. The largest absolute Gasteiger partial charge is 0.371 e. The lowest BCUT2D eigenvalue weighted by atomic mass is 10.1. The van der Waals surface area contributed by atoms with Gasteiger partial charge in [-0.2, -0.15) is 0 Å². The van der Waals surface area contributed by atoms with Crippen molar-refractivity contribution in [1.29, 1.82) is 0 Å². The molecule has 0 spiro atoms. The molecule has 0 aliphatic heterocycles. The average molecular weight is 227 g/mol. The molecule has 0 aliphatic rings. The van der Waals surface area contributed by atoms with Crippen LogP contribution in [0.4, 0.5) is 5.69 Å². The maximum Gasteiger partial charge on any atom is 0.0642 e. The highest BCUT2D eigenvalue weighted by Crippen LogP contribution is 2.29. The molecule has 15 heavy (non-hydrogen) atoms. The van der Waals surface area contributed by atoms with Gasteiger partial charge in [-0.15, -0.1) is 0 Å². The fraction of sp³-hybridized carbons (Fsp3) is 0.500. The Morgan fingerprint density at radius 2 is 1.93 bits per heavy atom. The standard InChI is InChI=1S/C12H19ClN2/c1-4-15(5-2)12-10(9-14-3)7-6-8-11(12)13/h6-8,14H,4-5,9H2,1-3H3. The van der Waals surface area contributed by atoms with Gasteiger partial charge < -0.3 is 10.2 Å². The predicted octanol–water partition coefficient (Wildman–Crippen LogP) is 2.91. The van der Waals surface area contributed by atoms with Crippen molar-refractivity contribution in [2.45, 2.75) is 20.4 Å². The average Bonchev–Trinajstić information content (AvgIpc) is 2.24. The van der Waals surface area contributed by atoms with E-state index >= 15 is 0 Å². The van der Waals surface area contributed by atoms with E-state index in [2.05, 4.69) is 30.1 Å². The van der Waals surface area contributed by atoms with Crippen molar-refractivity contribution >= 4 is 17.3 Å². The van der Waals surface area contributed by atoms with Crippen LogP contribution in [0.3, 0.4) is 0 Å². The van der Waals surface area contributed by atoms with Gasteiger partial charge in [-0.25, -0.2) is 0 Å². The first-order valence-corrected chi connectivity index (χ1v) is 5.79. The molecule has 0 bridgehead atoms. The number of para-hydroxylation sites is 1. The Balaban J connectivity index is 3.10. The highest BCUT2D eigenvalue weighted by molar-refractivity contribution is 6.33. The van der Waals surface area contributed by atoms with Gasteiger partial charge in [0.15, 0.2) is 0 Å². The zero-order valence-electron chi connectivity index (χ0n) is 9.68. The number of halogens is 1. The molecule has 84 valence electrons. The Labute approximate surface area is 97.2 Å². The van der Waals surface area contributed by atoms with E-state index in [1.165, 1.54) is 11.3 Å². The van der Waals surface area contributed by atoms with Crippen LogP contribution in [0.1, 0.15) is 19.4 Å². The van der Waals surface area contributed by atoms with Gasteiger partial charge in [-0.05, 0) is 32.5 Å². The van der Waals surface area contributed by atoms with Crippen molar-refractivity contribution in [3.63, 3.8) is 0 Å². The summed E-state index contributed by atoms with van der Waals surface area (Å²) in [6, 6.07) is 6.08. The lowest BCUT2D eigenvalue weighted by molar-refractivity contribution is 0.796. The number of nitrogens with zero attached hydrogens (tertiary/aromatic N) is 1. The summed E-state index contributed by atoms with van der Waals surface area (Å²) in [7, 11) is 1.95. The maximum absolute atomic E-state index is 6.25. The van der Waals surface area contributed by atoms with E-state index in [0.29, 0.717) is 0 Å². The van der Waals surface area contributed by atoms with Crippen molar-refractivity contribution in [2.75, 3.05) is 25.0 Å². The molecule has 0 saturated heterocycles. The van der Waals surface area contributed by atoms with Crippen LogP contribution in [0.15, 0.2) is 18.2 Å². The third kappa shape index (κ3) is 2.86. The number of hydrogen-bond donors (Lipinski definition) is 1. The molecule has 0 amide bonds. The van der Waals surface area contributed by atoms with Gasteiger partial charge in [0.2, 0.25) is 0 Å². The highest BCUT2D eigenvalue weighted by atomic mass is 35.5. The third-order valence-corrected chi connectivity index (χ3v) is 2.82. The van der Waals surface area contributed by atoms with Crippen LogP contribution in [0, 0.1) is 0 Å². The number of anilines is 1. The Hall–Kier alpha value is -0.730. The first-order chi connectivity index (χ1) is 7.24. The van der Waals surface area contributed by atoms with Crippen LogP contribution < -0.4 is 10.2 Å². The van der Waals surface area contributed by atoms with E-state index in [1.807, 2.05) is 19.2 Å². The van der Waals surface area contributed by atoms with E-state index in [4.69, 9.17) is 11.6 Å². The summed E-state index contributed by atoms with van der Waals surface area (Å²) in [6.45, 7) is 7.12. The summed E-state index contributed by atoms with van der Waals surface area (Å²) in [5.74, 6) is 0. The van der Waals surface area contributed by atoms with Gasteiger partial charge in [0.05, 0.1) is 10.7 Å². The fourth-order valence-corrected chi connectivity index (χ4v) is 2.10. The van der Waals surface area contributed by atoms with Crippen LogP contribution in [-0.4, -0.2) is 20.1 Å². The van der Waals surface area contributed by atoms with Crippen molar-refractivity contribution < 1.29 is 0 Å². The van der Waals surface area contributed by atoms with Crippen LogP contribution in [0.25, 0.3) is 0 Å². The lowest BCUT2D eigenvalue weighted by Crippen LogP contribution is -2.24. The first-order valence-electron chi connectivity index (χ1n) is 5.41. The topological polar surface area (TPSA) is 15.3 Å². The molecule has 2 nitrogen and oxygen atoms in total. The van der Waals surface area contributed by atoms with Gasteiger partial charge in [0, 0.05) is 19.6 Å². The molecule has 0 radical (unpaired) electrons. The first kappa shape index (κ1) is 12.3. The molecule has 0 atom stereocenters. The van der Waals surface area contributed by atoms with Gasteiger partial charge in [-0.1, -0.05) is 23.7 Å². The van der Waals surface area contributed by atoms with Gasteiger partial charge in [-0.3, -0.25) is 0 Å². The second kappa shape index (κ2) is 5.99. The quantitative estimate of drug-likeness (QED) is 0.831. The van der Waals surface area contributed by atoms with Crippen molar-refractivity contribution in [3.05, 3.63) is 28.8 Å². The van der Waals surface area contributed by atoms with Crippen LogP contribution in [0.2, 0.25) is 5.02 Å². The number of rotatable bonds is 5. The van der Waals surface area contributed by atoms with Crippen LogP contribution in [0.5, 0.6) is 0 Å². The summed E-state index contributed by atoms with van der Waals surface area (Å²) in [5.41, 5.74) is 2.42. The molecule has 1 aromatic rings. The zero-order valence-corrected chi connectivity index (χ0v) is 10.4. The second-order valence-electron chi connectivity index (χ2n) is 3.45. The number of nitrogens with one attached hydrogen (secondary N) is 1. The van der Waals surface area contributed by atoms with Crippen molar-refractivity contribution in [2.24, 2.45) is 0 Å². The van der Waals surface area contributed by atoms with E-state index in [-0.39, 0.29) is 0 Å².